The first-order valence-corrected chi connectivity index (χ1v) is 30.5. The third-order valence-electron chi connectivity index (χ3n) is 18.1. The second-order valence-electron chi connectivity index (χ2n) is 27.9. The lowest BCUT2D eigenvalue weighted by Crippen LogP contribution is -2.65. The van der Waals surface area contributed by atoms with Crippen molar-refractivity contribution in [1.29, 1.82) is 0 Å². The topological polar surface area (TPSA) is 85.8 Å². The van der Waals surface area contributed by atoms with E-state index < -0.39 is 0 Å². The molecule has 3 aliphatic carbocycles. The first-order valence-electron chi connectivity index (χ1n) is 30.5. The van der Waals surface area contributed by atoms with Gasteiger partial charge in [0.25, 0.3) is 0 Å². The second kappa shape index (κ2) is 24.2. The highest BCUT2D eigenvalue weighted by atomic mass is 16.7. The van der Waals surface area contributed by atoms with Crippen LogP contribution in [-0.4, -0.2) is 119 Å². The molecule has 12 nitrogen and oxygen atoms in total. The Bertz CT molecular complexity index is 1550. The summed E-state index contributed by atoms with van der Waals surface area (Å²) in [5.74, 6) is 2.58. The average Bonchev–Trinajstić information content (AvgIpc) is 3.31. The van der Waals surface area contributed by atoms with Crippen molar-refractivity contribution in [3.05, 3.63) is 0 Å². The molecule has 0 amide bonds. The number of anilines is 3. The summed E-state index contributed by atoms with van der Waals surface area (Å²) >= 11 is 0. The van der Waals surface area contributed by atoms with Gasteiger partial charge in [0.2, 0.25) is 17.8 Å². The third-order valence-corrected chi connectivity index (χ3v) is 18.1. The summed E-state index contributed by atoms with van der Waals surface area (Å²) in [5, 5.41) is 7.28. The van der Waals surface area contributed by atoms with Gasteiger partial charge in [0.05, 0.1) is 18.3 Å². The molecule has 4 heterocycles. The fourth-order valence-electron chi connectivity index (χ4n) is 15.2. The maximum atomic E-state index is 7.09. The van der Waals surface area contributed by atoms with Crippen molar-refractivity contribution in [3.63, 3.8) is 0 Å². The standard InChI is InChI=1S/C60H111N9O3/c1-16-19-37-64(46-40-55(4,5)67(56(6,7)41-46)70-49-31-25-22-26-32-49)52-61-53(65(38-20-17-2)47-42-57(8,9)68(58(10,11)43-47)71-50-33-27-23-28-34-50)63-54(62-52)66(39-21-18-3)48-44-59(12,13)69(60(14,15)45-48)72-51-35-29-24-30-36-51/h46-51H,16-45H2,1-15H3. The van der Waals surface area contributed by atoms with Crippen LogP contribution >= 0.6 is 0 Å². The van der Waals surface area contributed by atoms with Crippen molar-refractivity contribution >= 4 is 17.8 Å². The van der Waals surface area contributed by atoms with E-state index in [2.05, 4.69) is 134 Å². The minimum Gasteiger partial charge on any atom is -0.337 e. The van der Waals surface area contributed by atoms with E-state index in [9.17, 15) is 0 Å². The Kier molecular flexibility index (Phi) is 19.5. The van der Waals surface area contributed by atoms with Gasteiger partial charge >= 0.3 is 0 Å². The number of rotatable bonds is 21. The number of hydrogen-bond acceptors (Lipinski definition) is 12. The molecule has 6 fully saturated rings. The molecule has 6 aliphatic rings. The molecule has 12 heteroatoms. The summed E-state index contributed by atoms with van der Waals surface area (Å²) in [4.78, 5) is 46.7. The SMILES string of the molecule is CCCCN(c1nc(N(CCCC)C2CC(C)(C)N(OC3CCCCC3)C(C)(C)C2)nc(N(CCCC)C2CC(C)(C)N(OC3CCCCC3)C(C)(C)C2)n1)C1CC(C)(C)N(OC2CCCCC2)C(C)(C)C1. The van der Waals surface area contributed by atoms with Gasteiger partial charge in [0, 0.05) is 71.0 Å². The third kappa shape index (κ3) is 14.0. The molecule has 0 unspecified atom stereocenters. The second-order valence-corrected chi connectivity index (χ2v) is 27.9. The first-order chi connectivity index (χ1) is 34.0. The van der Waals surface area contributed by atoms with Crippen LogP contribution in [0.25, 0.3) is 0 Å². The Morgan fingerprint density at radius 1 is 0.361 bits per heavy atom. The summed E-state index contributed by atoms with van der Waals surface area (Å²) in [6.45, 7) is 38.8. The number of hydroxylamine groups is 6. The molecule has 1 aromatic heterocycles. The monoisotopic (exact) mass is 1010 g/mol. The molecule has 0 N–H and O–H groups in total. The van der Waals surface area contributed by atoms with Crippen LogP contribution in [0.1, 0.15) is 277 Å². The molecule has 3 saturated heterocycles. The average molecular weight is 1010 g/mol. The van der Waals surface area contributed by atoms with Crippen molar-refractivity contribution in [3.8, 4) is 0 Å². The molecule has 3 saturated carbocycles. The predicted molar refractivity (Wildman–Crippen MR) is 300 cm³/mol. The van der Waals surface area contributed by atoms with E-state index in [1.54, 1.807) is 0 Å². The summed E-state index contributed by atoms with van der Waals surface area (Å²) in [6.07, 6.45) is 32.0. The lowest BCUT2D eigenvalue weighted by Gasteiger charge is -2.57. The highest BCUT2D eigenvalue weighted by molar-refractivity contribution is 5.49. The zero-order valence-corrected chi connectivity index (χ0v) is 49.4. The predicted octanol–water partition coefficient (Wildman–Crippen LogP) is 14.5. The Morgan fingerprint density at radius 2 is 0.569 bits per heavy atom. The molecular weight excluding hydrogens is 895 g/mol. The molecule has 1 aromatic rings. The van der Waals surface area contributed by atoms with Crippen LogP contribution in [0, 0.1) is 0 Å². The van der Waals surface area contributed by atoms with Crippen molar-refractivity contribution in [1.82, 2.24) is 30.1 Å². The van der Waals surface area contributed by atoms with Gasteiger partial charge in [-0.05, 0) is 179 Å². The Labute approximate surface area is 442 Å². The first kappa shape index (κ1) is 57.9. The summed E-state index contributed by atoms with van der Waals surface area (Å²) in [7, 11) is 0. The number of aromatic nitrogens is 3. The smallest absolute Gasteiger partial charge is 0.232 e. The van der Waals surface area contributed by atoms with Gasteiger partial charge < -0.3 is 14.7 Å². The number of piperidine rings is 3. The fraction of sp³-hybridized carbons (Fsp3) is 0.950. The van der Waals surface area contributed by atoms with Crippen LogP contribution in [-0.2, 0) is 14.5 Å². The Hall–Kier alpha value is -1.83. The van der Waals surface area contributed by atoms with Gasteiger partial charge in [-0.1, -0.05) is 97.8 Å². The zero-order chi connectivity index (χ0) is 52.1. The van der Waals surface area contributed by atoms with Crippen molar-refractivity contribution in [2.75, 3.05) is 34.3 Å². The van der Waals surface area contributed by atoms with E-state index in [1.807, 2.05) is 0 Å². The van der Waals surface area contributed by atoms with Crippen molar-refractivity contribution < 1.29 is 14.5 Å². The van der Waals surface area contributed by atoms with E-state index in [4.69, 9.17) is 29.5 Å². The lowest BCUT2D eigenvalue weighted by molar-refractivity contribution is -0.310. The fourth-order valence-corrected chi connectivity index (χ4v) is 15.2. The van der Waals surface area contributed by atoms with E-state index in [1.165, 1.54) is 57.8 Å². The van der Waals surface area contributed by atoms with Gasteiger partial charge in [-0.15, -0.1) is 0 Å². The minimum atomic E-state index is -0.178. The van der Waals surface area contributed by atoms with Crippen LogP contribution in [0.3, 0.4) is 0 Å². The summed E-state index contributed by atoms with van der Waals surface area (Å²) in [6, 6.07) is 0.709. The van der Waals surface area contributed by atoms with Gasteiger partial charge in [-0.2, -0.15) is 30.1 Å². The summed E-state index contributed by atoms with van der Waals surface area (Å²) in [5.41, 5.74) is -1.07. The van der Waals surface area contributed by atoms with Gasteiger partial charge in [0.1, 0.15) is 0 Å². The highest BCUT2D eigenvalue weighted by Crippen LogP contribution is 2.47. The molecule has 3 aliphatic heterocycles. The van der Waals surface area contributed by atoms with Gasteiger partial charge in [0.15, 0.2) is 0 Å². The molecule has 414 valence electrons. The van der Waals surface area contributed by atoms with Crippen LogP contribution < -0.4 is 14.7 Å². The Balaban J connectivity index is 1.31. The summed E-state index contributed by atoms with van der Waals surface area (Å²) < 4.78 is 0. The number of hydrogen-bond donors (Lipinski definition) is 0. The van der Waals surface area contributed by atoms with Gasteiger partial charge in [-0.25, -0.2) is 0 Å². The molecule has 7 rings (SSSR count). The molecule has 0 spiro atoms. The largest absolute Gasteiger partial charge is 0.337 e. The Morgan fingerprint density at radius 3 is 0.764 bits per heavy atom. The van der Waals surface area contributed by atoms with Crippen LogP contribution in [0.4, 0.5) is 17.8 Å². The molecule has 0 atom stereocenters. The number of unbranched alkanes of at least 4 members (excludes halogenated alkanes) is 3. The number of nitrogens with zero attached hydrogens (tertiary/aromatic N) is 9. The van der Waals surface area contributed by atoms with E-state index >= 15 is 0 Å². The molecule has 0 radical (unpaired) electrons. The molecule has 0 aromatic carbocycles. The van der Waals surface area contributed by atoms with E-state index in [0.717, 1.165) is 153 Å². The van der Waals surface area contributed by atoms with E-state index in [0.29, 0.717) is 18.3 Å². The van der Waals surface area contributed by atoms with E-state index in [-0.39, 0.29) is 51.4 Å². The molecule has 72 heavy (non-hydrogen) atoms. The molecular formula is C60H111N9O3. The highest BCUT2D eigenvalue weighted by Gasteiger charge is 2.53. The van der Waals surface area contributed by atoms with Crippen LogP contribution in [0.2, 0.25) is 0 Å². The van der Waals surface area contributed by atoms with Gasteiger partial charge in [-0.3, -0.25) is 14.5 Å². The van der Waals surface area contributed by atoms with Crippen molar-refractivity contribution in [2.45, 2.75) is 347 Å². The minimum absolute atomic E-state index is 0.178. The van der Waals surface area contributed by atoms with Crippen LogP contribution in [0.5, 0.6) is 0 Å². The van der Waals surface area contributed by atoms with Crippen molar-refractivity contribution in [2.24, 2.45) is 0 Å². The normalized spacial score (nSPS) is 26.2. The lowest BCUT2D eigenvalue weighted by atomic mass is 9.78. The quantitative estimate of drug-likeness (QED) is 0.118. The zero-order valence-electron chi connectivity index (χ0n) is 49.4. The maximum Gasteiger partial charge on any atom is 0.232 e. The van der Waals surface area contributed by atoms with Crippen LogP contribution in [0.15, 0.2) is 0 Å². The maximum absolute atomic E-state index is 7.09. The molecule has 0 bridgehead atoms.